The lowest BCUT2D eigenvalue weighted by molar-refractivity contribution is -0.118. The van der Waals surface area contributed by atoms with E-state index in [0.717, 1.165) is 55.4 Å². The van der Waals surface area contributed by atoms with Crippen LogP contribution in [-0.2, 0) is 31.4 Å². The maximum absolute atomic E-state index is 12.5. The van der Waals surface area contributed by atoms with Crippen molar-refractivity contribution in [1.29, 1.82) is 0 Å². The van der Waals surface area contributed by atoms with Crippen LogP contribution < -0.4 is 24.8 Å². The molecule has 1 aliphatic heterocycles. The summed E-state index contributed by atoms with van der Waals surface area (Å²) in [4.78, 5) is 41.4. The summed E-state index contributed by atoms with van der Waals surface area (Å²) in [5.74, 6) is 2.51. The number of carbonyl (C=O) groups is 3. The Hall–Kier alpha value is -5.46. The number of hydrogen-bond acceptors (Lipinski definition) is 8. The highest BCUT2D eigenvalue weighted by molar-refractivity contribution is 8.15. The van der Waals surface area contributed by atoms with E-state index in [4.69, 9.17) is 14.5 Å². The summed E-state index contributed by atoms with van der Waals surface area (Å²) in [6.07, 6.45) is 0.475. The van der Waals surface area contributed by atoms with Gasteiger partial charge >= 0.3 is 6.03 Å². The van der Waals surface area contributed by atoms with Gasteiger partial charge in [0, 0.05) is 29.9 Å². The van der Waals surface area contributed by atoms with Crippen molar-refractivity contribution in [2.45, 2.75) is 29.7 Å². The largest absolute Gasteiger partial charge is 0.486 e. The van der Waals surface area contributed by atoms with Gasteiger partial charge in [0.25, 0.3) is 5.24 Å². The van der Waals surface area contributed by atoms with Gasteiger partial charge in [0.2, 0.25) is 5.91 Å². The number of nitrogens with one attached hydrogen (secondary N) is 3. The zero-order valence-electron chi connectivity index (χ0n) is 26.3. The standard InChI is InChI=1S/C37H31N5O5S2/c1-42-31-20-28(16-17-30(31)39-34(42)22-46-26-13-10-23(11-14-26)18-33-35(43)40-37(45)48-33)47-27-15-12-25-8-5-9-32(29(25)19-27)49-41-36(44)38-21-24-6-3-2-4-7-24/h2-17,19-20,33H,18,21-22H2,1H3,(H2,38,41,44)(H,40,43,45). The molecule has 1 atom stereocenters. The summed E-state index contributed by atoms with van der Waals surface area (Å²) in [6.45, 7) is 0.706. The smallest absolute Gasteiger partial charge is 0.325 e. The number of benzene rings is 5. The maximum Gasteiger partial charge on any atom is 0.325 e. The summed E-state index contributed by atoms with van der Waals surface area (Å²) in [6, 6.07) is 34.6. The molecule has 6 aromatic rings. The van der Waals surface area contributed by atoms with Crippen LogP contribution in [0.4, 0.5) is 9.59 Å². The first-order valence-corrected chi connectivity index (χ1v) is 17.2. The summed E-state index contributed by atoms with van der Waals surface area (Å²) in [5, 5.41) is 6.49. The summed E-state index contributed by atoms with van der Waals surface area (Å²) in [7, 11) is 1.94. The molecule has 0 spiro atoms. The molecule has 1 saturated heterocycles. The topological polar surface area (TPSA) is 124 Å². The highest BCUT2D eigenvalue weighted by Crippen LogP contribution is 2.33. The third-order valence-corrected chi connectivity index (χ3v) is 9.87. The van der Waals surface area contributed by atoms with E-state index in [1.165, 1.54) is 11.9 Å². The van der Waals surface area contributed by atoms with Crippen molar-refractivity contribution >= 4 is 62.7 Å². The molecule has 0 bridgehead atoms. The van der Waals surface area contributed by atoms with Gasteiger partial charge in [-0.1, -0.05) is 72.4 Å². The van der Waals surface area contributed by atoms with Gasteiger partial charge in [-0.2, -0.15) is 0 Å². The second-order valence-corrected chi connectivity index (χ2v) is 13.4. The van der Waals surface area contributed by atoms with Crippen LogP contribution in [0.25, 0.3) is 21.8 Å². The van der Waals surface area contributed by atoms with Gasteiger partial charge in [-0.15, -0.1) is 0 Å². The Morgan fingerprint density at radius 2 is 1.67 bits per heavy atom. The predicted molar refractivity (Wildman–Crippen MR) is 192 cm³/mol. The normalized spacial score (nSPS) is 14.2. The minimum absolute atomic E-state index is 0.248. The molecular weight excluding hydrogens is 659 g/mol. The second kappa shape index (κ2) is 14.3. The van der Waals surface area contributed by atoms with Gasteiger partial charge in [-0.25, -0.2) is 9.78 Å². The number of nitrogens with zero attached hydrogens (tertiary/aromatic N) is 2. The number of urea groups is 1. The Labute approximate surface area is 290 Å². The first kappa shape index (κ1) is 32.1. The van der Waals surface area contributed by atoms with E-state index in [0.29, 0.717) is 30.2 Å². The Kier molecular flexibility index (Phi) is 9.40. The van der Waals surface area contributed by atoms with Crippen molar-refractivity contribution in [3.63, 3.8) is 0 Å². The first-order valence-electron chi connectivity index (χ1n) is 15.5. The fourth-order valence-corrected chi connectivity index (χ4v) is 7.02. The Balaban J connectivity index is 0.984. The van der Waals surface area contributed by atoms with Crippen LogP contribution in [-0.4, -0.2) is 32.0 Å². The molecular formula is C37H31N5O5S2. The fourth-order valence-electron chi connectivity index (χ4n) is 5.45. The lowest BCUT2D eigenvalue weighted by Gasteiger charge is -2.11. The van der Waals surface area contributed by atoms with Crippen LogP contribution in [0.5, 0.6) is 17.2 Å². The molecule has 0 aliphatic carbocycles. The van der Waals surface area contributed by atoms with Crippen molar-refractivity contribution < 1.29 is 23.9 Å². The van der Waals surface area contributed by atoms with Gasteiger partial charge in [0.15, 0.2) is 0 Å². The molecule has 1 aliphatic rings. The summed E-state index contributed by atoms with van der Waals surface area (Å²) >= 11 is 2.28. The van der Waals surface area contributed by atoms with E-state index in [9.17, 15) is 14.4 Å². The van der Waals surface area contributed by atoms with Crippen molar-refractivity contribution in [3.8, 4) is 17.2 Å². The highest BCUT2D eigenvalue weighted by Gasteiger charge is 2.31. The number of hydrogen-bond donors (Lipinski definition) is 3. The van der Waals surface area contributed by atoms with Gasteiger partial charge in [-0.05, 0) is 77.3 Å². The average molecular weight is 690 g/mol. The minimum atomic E-state index is -0.404. The third-order valence-electron chi connectivity index (χ3n) is 8.02. The number of rotatable bonds is 11. The zero-order valence-corrected chi connectivity index (χ0v) is 28.0. The molecule has 7 rings (SSSR count). The SMILES string of the molecule is Cn1c(COc2ccc(CC3SC(=O)NC3=O)cc2)nc2ccc(Oc3ccc4cccc(SNC(=O)NCc5ccccc5)c4c3)cc21. The van der Waals surface area contributed by atoms with E-state index in [1.54, 1.807) is 0 Å². The molecule has 246 valence electrons. The van der Waals surface area contributed by atoms with Crippen LogP contribution in [0.15, 0.2) is 114 Å². The van der Waals surface area contributed by atoms with Crippen molar-refractivity contribution in [1.82, 2.24) is 24.9 Å². The van der Waals surface area contributed by atoms with E-state index in [1.807, 2.05) is 121 Å². The first-order chi connectivity index (χ1) is 23.9. The molecule has 0 radical (unpaired) electrons. The molecule has 5 aromatic carbocycles. The highest BCUT2D eigenvalue weighted by atomic mass is 32.2. The van der Waals surface area contributed by atoms with Crippen LogP contribution in [0.1, 0.15) is 17.0 Å². The summed E-state index contributed by atoms with van der Waals surface area (Å²) < 4.78 is 17.2. The lowest BCUT2D eigenvalue weighted by Crippen LogP contribution is -2.30. The van der Waals surface area contributed by atoms with Crippen molar-refractivity contribution in [2.75, 3.05) is 0 Å². The van der Waals surface area contributed by atoms with Crippen LogP contribution in [0, 0.1) is 0 Å². The van der Waals surface area contributed by atoms with E-state index in [-0.39, 0.29) is 23.8 Å². The van der Waals surface area contributed by atoms with E-state index >= 15 is 0 Å². The molecule has 49 heavy (non-hydrogen) atoms. The minimum Gasteiger partial charge on any atom is -0.486 e. The molecule has 12 heteroatoms. The van der Waals surface area contributed by atoms with E-state index in [2.05, 4.69) is 15.4 Å². The zero-order chi connectivity index (χ0) is 33.7. The molecule has 1 aromatic heterocycles. The van der Waals surface area contributed by atoms with E-state index < -0.39 is 5.25 Å². The Morgan fingerprint density at radius 1 is 0.898 bits per heavy atom. The van der Waals surface area contributed by atoms with Gasteiger partial charge in [0.05, 0.1) is 16.3 Å². The Morgan fingerprint density at radius 3 is 2.47 bits per heavy atom. The third kappa shape index (κ3) is 7.66. The lowest BCUT2D eigenvalue weighted by atomic mass is 10.1. The van der Waals surface area contributed by atoms with Gasteiger partial charge in [-0.3, -0.25) is 19.6 Å². The van der Waals surface area contributed by atoms with Crippen LogP contribution >= 0.6 is 23.7 Å². The number of aromatic nitrogens is 2. The monoisotopic (exact) mass is 689 g/mol. The number of amides is 4. The molecule has 0 saturated carbocycles. The van der Waals surface area contributed by atoms with Gasteiger partial charge in [0.1, 0.15) is 29.7 Å². The number of imidazole rings is 1. The molecule has 1 unspecified atom stereocenters. The Bertz CT molecular complexity index is 2170. The number of fused-ring (bicyclic) bond motifs is 2. The predicted octanol–water partition coefficient (Wildman–Crippen LogP) is 7.50. The number of carbonyl (C=O) groups excluding carboxylic acids is 3. The number of thioether (sulfide) groups is 1. The molecule has 2 heterocycles. The average Bonchev–Trinajstić information content (AvgIpc) is 3.61. The second-order valence-electron chi connectivity index (χ2n) is 11.4. The molecule has 10 nitrogen and oxygen atoms in total. The number of ether oxygens (including phenoxy) is 2. The fraction of sp³-hybridized carbons (Fsp3) is 0.135. The van der Waals surface area contributed by atoms with Crippen LogP contribution in [0.2, 0.25) is 0 Å². The summed E-state index contributed by atoms with van der Waals surface area (Å²) in [5.41, 5.74) is 3.69. The quantitative estimate of drug-likeness (QED) is 0.120. The molecule has 3 N–H and O–H groups in total. The number of aryl methyl sites for hydroxylation is 1. The van der Waals surface area contributed by atoms with Crippen molar-refractivity contribution in [2.24, 2.45) is 7.05 Å². The number of imide groups is 1. The maximum atomic E-state index is 12.5. The van der Waals surface area contributed by atoms with Crippen LogP contribution in [0.3, 0.4) is 0 Å². The van der Waals surface area contributed by atoms with Gasteiger partial charge < -0.3 is 19.4 Å². The van der Waals surface area contributed by atoms with Crippen molar-refractivity contribution in [3.05, 3.63) is 126 Å². The molecule has 4 amide bonds. The molecule has 1 fully saturated rings.